The molecule has 0 aromatic rings. The Bertz CT molecular complexity index is 228. The third-order valence-corrected chi connectivity index (χ3v) is 3.37. The van der Waals surface area contributed by atoms with Crippen molar-refractivity contribution >= 4 is 0 Å². The third kappa shape index (κ3) is 10.6. The predicted octanol–water partition coefficient (Wildman–Crippen LogP) is 5.10. The first kappa shape index (κ1) is 17.4. The lowest BCUT2D eigenvalue weighted by atomic mass is 9.94. The fourth-order valence-corrected chi connectivity index (χ4v) is 2.25. The number of unbranched alkanes of at least 4 members (excludes halogenated alkanes) is 1. The van der Waals surface area contributed by atoms with Crippen LogP contribution < -0.4 is 5.32 Å². The molecule has 0 aliphatic carbocycles. The van der Waals surface area contributed by atoms with E-state index in [0.717, 1.165) is 19.0 Å². The van der Waals surface area contributed by atoms with Gasteiger partial charge in [0.15, 0.2) is 0 Å². The molecule has 0 radical (unpaired) electrons. The van der Waals surface area contributed by atoms with E-state index >= 15 is 0 Å². The highest BCUT2D eigenvalue weighted by Gasteiger charge is 2.06. The Morgan fingerprint density at radius 3 is 2.50 bits per heavy atom. The van der Waals surface area contributed by atoms with Crippen molar-refractivity contribution in [3.05, 3.63) is 23.8 Å². The highest BCUT2D eigenvalue weighted by atomic mass is 14.8. The van der Waals surface area contributed by atoms with Crippen LogP contribution in [-0.4, -0.2) is 13.1 Å². The molecule has 0 amide bonds. The first-order valence-electron chi connectivity index (χ1n) is 7.73. The smallest absolute Gasteiger partial charge is 0.0164 e. The van der Waals surface area contributed by atoms with Crippen molar-refractivity contribution in [1.82, 2.24) is 5.32 Å². The van der Waals surface area contributed by atoms with Crippen LogP contribution in [0.2, 0.25) is 0 Å². The fraction of sp³-hybridized carbons (Fsp3) is 0.765. The van der Waals surface area contributed by atoms with Gasteiger partial charge in [0.05, 0.1) is 0 Å². The summed E-state index contributed by atoms with van der Waals surface area (Å²) in [6, 6.07) is 0. The second kappa shape index (κ2) is 12.9. The second-order valence-electron chi connectivity index (χ2n) is 5.30. The minimum atomic E-state index is 0.933. The molecule has 0 aliphatic rings. The van der Waals surface area contributed by atoms with Crippen LogP contribution in [0.15, 0.2) is 23.8 Å². The lowest BCUT2D eigenvalue weighted by Gasteiger charge is -2.16. The van der Waals surface area contributed by atoms with E-state index in [0.29, 0.717) is 0 Å². The van der Waals surface area contributed by atoms with E-state index in [1.54, 1.807) is 0 Å². The van der Waals surface area contributed by atoms with E-state index in [-0.39, 0.29) is 0 Å². The van der Waals surface area contributed by atoms with Crippen molar-refractivity contribution in [1.29, 1.82) is 0 Å². The SMILES string of the molecule is C/C=C\C=C(/C)CNCCC(CCC)CCCC. The van der Waals surface area contributed by atoms with Crippen LogP contribution in [0.1, 0.15) is 66.2 Å². The van der Waals surface area contributed by atoms with Gasteiger partial charge in [-0.2, -0.15) is 0 Å². The molecule has 0 aliphatic heterocycles. The van der Waals surface area contributed by atoms with Gasteiger partial charge >= 0.3 is 0 Å². The van der Waals surface area contributed by atoms with Gasteiger partial charge in [0.25, 0.3) is 0 Å². The molecule has 0 fully saturated rings. The zero-order chi connectivity index (χ0) is 13.6. The van der Waals surface area contributed by atoms with Crippen molar-refractivity contribution in [2.75, 3.05) is 13.1 Å². The Morgan fingerprint density at radius 1 is 1.11 bits per heavy atom. The summed E-state index contributed by atoms with van der Waals surface area (Å²) < 4.78 is 0. The summed E-state index contributed by atoms with van der Waals surface area (Å²) in [5.41, 5.74) is 1.41. The minimum absolute atomic E-state index is 0.933. The molecule has 1 nitrogen and oxygen atoms in total. The first-order chi connectivity index (χ1) is 8.74. The Morgan fingerprint density at radius 2 is 1.89 bits per heavy atom. The average molecular weight is 251 g/mol. The lowest BCUT2D eigenvalue weighted by Crippen LogP contribution is -2.20. The molecule has 0 bridgehead atoms. The zero-order valence-corrected chi connectivity index (χ0v) is 13.0. The van der Waals surface area contributed by atoms with Gasteiger partial charge in [0, 0.05) is 6.54 Å². The van der Waals surface area contributed by atoms with Crippen molar-refractivity contribution in [2.24, 2.45) is 5.92 Å². The number of hydrogen-bond donors (Lipinski definition) is 1. The molecule has 1 atom stereocenters. The molecule has 0 rings (SSSR count). The van der Waals surface area contributed by atoms with Gasteiger partial charge in [-0.3, -0.25) is 0 Å². The fourth-order valence-electron chi connectivity index (χ4n) is 2.25. The first-order valence-corrected chi connectivity index (χ1v) is 7.73. The number of hydrogen-bond acceptors (Lipinski definition) is 1. The molecular formula is C17H33N. The van der Waals surface area contributed by atoms with Crippen molar-refractivity contribution in [3.63, 3.8) is 0 Å². The summed E-state index contributed by atoms with van der Waals surface area (Å²) >= 11 is 0. The van der Waals surface area contributed by atoms with Gasteiger partial charge in [0.1, 0.15) is 0 Å². The van der Waals surface area contributed by atoms with Crippen LogP contribution in [0.3, 0.4) is 0 Å². The maximum absolute atomic E-state index is 3.56. The van der Waals surface area contributed by atoms with Crippen LogP contribution in [0.5, 0.6) is 0 Å². The van der Waals surface area contributed by atoms with Gasteiger partial charge in [-0.05, 0) is 32.7 Å². The predicted molar refractivity (Wildman–Crippen MR) is 84.0 cm³/mol. The highest BCUT2D eigenvalue weighted by Crippen LogP contribution is 2.17. The molecule has 0 aromatic carbocycles. The van der Waals surface area contributed by atoms with Crippen molar-refractivity contribution in [2.45, 2.75) is 66.2 Å². The molecule has 106 valence electrons. The van der Waals surface area contributed by atoms with Crippen LogP contribution >= 0.6 is 0 Å². The number of allylic oxidation sites excluding steroid dienone is 3. The monoisotopic (exact) mass is 251 g/mol. The molecule has 1 unspecified atom stereocenters. The number of rotatable bonds is 11. The molecule has 1 N–H and O–H groups in total. The summed E-state index contributed by atoms with van der Waals surface area (Å²) in [7, 11) is 0. The molecule has 0 saturated carbocycles. The molecule has 0 heterocycles. The van der Waals surface area contributed by atoms with Gasteiger partial charge in [0.2, 0.25) is 0 Å². The topological polar surface area (TPSA) is 12.0 Å². The van der Waals surface area contributed by atoms with E-state index in [4.69, 9.17) is 0 Å². The van der Waals surface area contributed by atoms with E-state index in [9.17, 15) is 0 Å². The van der Waals surface area contributed by atoms with Crippen molar-refractivity contribution < 1.29 is 0 Å². The van der Waals surface area contributed by atoms with Gasteiger partial charge in [-0.15, -0.1) is 0 Å². The van der Waals surface area contributed by atoms with Gasteiger partial charge in [-0.25, -0.2) is 0 Å². The van der Waals surface area contributed by atoms with Crippen LogP contribution in [0, 0.1) is 5.92 Å². The average Bonchev–Trinajstić information content (AvgIpc) is 2.38. The standard InChI is InChI=1S/C17H33N/c1-5-8-11-16(4)15-18-14-13-17(10-7-3)12-9-6-2/h5,8,11,17-18H,6-7,9-10,12-15H2,1-4H3/b8-5-,16-11+. The van der Waals surface area contributed by atoms with Crippen molar-refractivity contribution in [3.8, 4) is 0 Å². The van der Waals surface area contributed by atoms with Crippen LogP contribution in [-0.2, 0) is 0 Å². The highest BCUT2D eigenvalue weighted by molar-refractivity contribution is 5.10. The summed E-state index contributed by atoms with van der Waals surface area (Å²) in [6.45, 7) is 11.0. The van der Waals surface area contributed by atoms with E-state index < -0.39 is 0 Å². The summed E-state index contributed by atoms with van der Waals surface area (Å²) in [4.78, 5) is 0. The molecule has 0 aromatic heterocycles. The van der Waals surface area contributed by atoms with Crippen LogP contribution in [0.4, 0.5) is 0 Å². The summed E-state index contributed by atoms with van der Waals surface area (Å²) in [5, 5.41) is 3.56. The molecular weight excluding hydrogens is 218 g/mol. The lowest BCUT2D eigenvalue weighted by molar-refractivity contribution is 0.394. The third-order valence-electron chi connectivity index (χ3n) is 3.37. The quantitative estimate of drug-likeness (QED) is 0.398. The minimum Gasteiger partial charge on any atom is -0.313 e. The zero-order valence-electron chi connectivity index (χ0n) is 13.0. The molecule has 0 saturated heterocycles. The summed E-state index contributed by atoms with van der Waals surface area (Å²) in [6.07, 6.45) is 14.6. The van der Waals surface area contributed by atoms with E-state index in [1.807, 2.05) is 0 Å². The second-order valence-corrected chi connectivity index (χ2v) is 5.30. The molecule has 1 heteroatoms. The van der Waals surface area contributed by atoms with Crippen LogP contribution in [0.25, 0.3) is 0 Å². The molecule has 0 spiro atoms. The Kier molecular flexibility index (Phi) is 12.5. The largest absolute Gasteiger partial charge is 0.313 e. The Balaban J connectivity index is 3.71. The van der Waals surface area contributed by atoms with Gasteiger partial charge in [-0.1, -0.05) is 69.8 Å². The maximum Gasteiger partial charge on any atom is 0.0164 e. The number of nitrogens with one attached hydrogen (secondary N) is 1. The van der Waals surface area contributed by atoms with E-state index in [1.165, 1.54) is 44.1 Å². The Hall–Kier alpha value is -0.560. The van der Waals surface area contributed by atoms with E-state index in [2.05, 4.69) is 51.2 Å². The van der Waals surface area contributed by atoms with Gasteiger partial charge < -0.3 is 5.32 Å². The normalized spacial score (nSPS) is 14.3. The maximum atomic E-state index is 3.56. The molecule has 18 heavy (non-hydrogen) atoms. The Labute approximate surface area is 115 Å². The summed E-state index contributed by atoms with van der Waals surface area (Å²) in [5.74, 6) is 0.933.